The van der Waals surface area contributed by atoms with Crippen molar-refractivity contribution in [2.24, 2.45) is 0 Å². The van der Waals surface area contributed by atoms with Gasteiger partial charge < -0.3 is 25.8 Å². The summed E-state index contributed by atoms with van der Waals surface area (Å²) in [5, 5.41) is 8.01. The van der Waals surface area contributed by atoms with Crippen molar-refractivity contribution in [3.05, 3.63) is 54.1 Å². The van der Waals surface area contributed by atoms with Gasteiger partial charge >= 0.3 is 6.03 Å². The lowest BCUT2D eigenvalue weighted by Gasteiger charge is -2.36. The quantitative estimate of drug-likeness (QED) is 0.707. The summed E-state index contributed by atoms with van der Waals surface area (Å²) in [6.07, 6.45) is 0. The van der Waals surface area contributed by atoms with Crippen LogP contribution in [-0.2, 0) is 9.59 Å². The molecule has 8 nitrogen and oxygen atoms in total. The Bertz CT molecular complexity index is 908. The predicted molar refractivity (Wildman–Crippen MR) is 118 cm³/mol. The van der Waals surface area contributed by atoms with Crippen LogP contribution in [0.4, 0.5) is 21.9 Å². The molecule has 3 rings (SSSR count). The zero-order chi connectivity index (χ0) is 21.5. The van der Waals surface area contributed by atoms with Crippen LogP contribution >= 0.6 is 0 Å². The van der Waals surface area contributed by atoms with Crippen molar-refractivity contribution in [1.82, 2.24) is 10.2 Å². The zero-order valence-electron chi connectivity index (χ0n) is 17.3. The fourth-order valence-corrected chi connectivity index (χ4v) is 3.32. The monoisotopic (exact) mass is 409 g/mol. The van der Waals surface area contributed by atoms with Gasteiger partial charge in [-0.1, -0.05) is 24.3 Å². The Labute approximate surface area is 176 Å². The van der Waals surface area contributed by atoms with E-state index in [0.29, 0.717) is 24.5 Å². The molecule has 0 aliphatic carbocycles. The van der Waals surface area contributed by atoms with Gasteiger partial charge in [-0.15, -0.1) is 0 Å². The third-order valence-electron chi connectivity index (χ3n) is 4.96. The van der Waals surface area contributed by atoms with Crippen LogP contribution < -0.4 is 20.9 Å². The molecule has 0 spiro atoms. The van der Waals surface area contributed by atoms with Crippen molar-refractivity contribution in [2.45, 2.75) is 13.8 Å². The molecule has 1 heterocycles. The van der Waals surface area contributed by atoms with E-state index in [1.54, 1.807) is 23.1 Å². The number of carbonyl (C=O) groups excluding carboxylic acids is 3. The Morgan fingerprint density at radius 2 is 1.63 bits per heavy atom. The first kappa shape index (κ1) is 21.2. The van der Waals surface area contributed by atoms with E-state index in [0.717, 1.165) is 24.3 Å². The molecule has 0 aromatic heterocycles. The highest BCUT2D eigenvalue weighted by atomic mass is 16.2. The van der Waals surface area contributed by atoms with Gasteiger partial charge in [0.25, 0.3) is 0 Å². The Morgan fingerprint density at radius 1 is 0.933 bits per heavy atom. The molecule has 8 heteroatoms. The maximum absolute atomic E-state index is 12.4. The van der Waals surface area contributed by atoms with Crippen LogP contribution in [0, 0.1) is 6.92 Å². The van der Waals surface area contributed by atoms with Crippen LogP contribution in [-0.4, -0.2) is 55.5 Å². The lowest BCUT2D eigenvalue weighted by Crippen LogP contribution is -2.51. The Kier molecular flexibility index (Phi) is 6.90. The molecule has 1 saturated heterocycles. The maximum Gasteiger partial charge on any atom is 0.319 e. The second-order valence-electron chi connectivity index (χ2n) is 7.22. The lowest BCUT2D eigenvalue weighted by molar-refractivity contribution is -0.130. The molecule has 1 aliphatic rings. The molecule has 0 bridgehead atoms. The van der Waals surface area contributed by atoms with Crippen molar-refractivity contribution < 1.29 is 14.4 Å². The number of hydrogen-bond donors (Lipinski definition) is 3. The van der Waals surface area contributed by atoms with E-state index in [1.807, 2.05) is 25.1 Å². The minimum absolute atomic E-state index is 0.0679. The van der Waals surface area contributed by atoms with Gasteiger partial charge in [-0.05, 0) is 36.8 Å². The van der Waals surface area contributed by atoms with Crippen LogP contribution in [0.3, 0.4) is 0 Å². The van der Waals surface area contributed by atoms with E-state index >= 15 is 0 Å². The molecule has 30 heavy (non-hydrogen) atoms. The number of benzene rings is 2. The summed E-state index contributed by atoms with van der Waals surface area (Å²) in [6, 6.07) is 14.9. The summed E-state index contributed by atoms with van der Waals surface area (Å²) in [6.45, 7) is 5.99. The summed E-state index contributed by atoms with van der Waals surface area (Å²) < 4.78 is 0. The lowest BCUT2D eigenvalue weighted by atomic mass is 10.2. The molecule has 4 amide bonds. The number of urea groups is 1. The fraction of sp³-hybridized carbons (Fsp3) is 0.318. The molecule has 3 N–H and O–H groups in total. The number of amides is 4. The third kappa shape index (κ3) is 5.73. The average Bonchev–Trinajstić information content (AvgIpc) is 2.75. The van der Waals surface area contributed by atoms with Gasteiger partial charge in [0.15, 0.2) is 0 Å². The van der Waals surface area contributed by atoms with Gasteiger partial charge in [0.1, 0.15) is 0 Å². The van der Waals surface area contributed by atoms with Crippen molar-refractivity contribution >= 4 is 34.9 Å². The maximum atomic E-state index is 12.4. The number of nitrogens with zero attached hydrogens (tertiary/aromatic N) is 2. The van der Waals surface area contributed by atoms with Crippen molar-refractivity contribution in [3.8, 4) is 0 Å². The van der Waals surface area contributed by atoms with Crippen LogP contribution in [0.2, 0.25) is 0 Å². The first-order valence-corrected chi connectivity index (χ1v) is 9.93. The molecule has 158 valence electrons. The van der Waals surface area contributed by atoms with Gasteiger partial charge in [0.2, 0.25) is 11.8 Å². The highest BCUT2D eigenvalue weighted by molar-refractivity contribution is 5.94. The molecule has 1 fully saturated rings. The van der Waals surface area contributed by atoms with Crippen LogP contribution in [0.15, 0.2) is 48.5 Å². The molecule has 0 saturated carbocycles. The standard InChI is InChI=1S/C22H27N5O3/c1-16-8-9-18(14-20(16)24-17(2)28)25-22(30)23-15-21(29)27-12-10-26(11-13-27)19-6-4-3-5-7-19/h3-9,14H,10-13,15H2,1-2H3,(H,24,28)(H2,23,25,30). The Balaban J connectivity index is 1.45. The minimum atomic E-state index is -0.469. The van der Waals surface area contributed by atoms with E-state index in [1.165, 1.54) is 6.92 Å². The smallest absolute Gasteiger partial charge is 0.319 e. The van der Waals surface area contributed by atoms with Gasteiger partial charge in [0, 0.05) is 50.2 Å². The van der Waals surface area contributed by atoms with E-state index in [-0.39, 0.29) is 18.4 Å². The topological polar surface area (TPSA) is 93.8 Å². The number of rotatable bonds is 5. The second kappa shape index (κ2) is 9.78. The predicted octanol–water partition coefficient (Wildman–Crippen LogP) is 2.42. The average molecular weight is 409 g/mol. The number of anilines is 3. The summed E-state index contributed by atoms with van der Waals surface area (Å²) >= 11 is 0. The van der Waals surface area contributed by atoms with Crippen LogP contribution in [0.25, 0.3) is 0 Å². The Morgan fingerprint density at radius 3 is 2.30 bits per heavy atom. The summed E-state index contributed by atoms with van der Waals surface area (Å²) in [5.41, 5.74) is 3.21. The van der Waals surface area contributed by atoms with E-state index in [2.05, 4.69) is 33.0 Å². The van der Waals surface area contributed by atoms with Crippen molar-refractivity contribution in [3.63, 3.8) is 0 Å². The molecule has 0 atom stereocenters. The molecule has 1 aliphatic heterocycles. The van der Waals surface area contributed by atoms with Gasteiger partial charge in [-0.25, -0.2) is 4.79 Å². The third-order valence-corrected chi connectivity index (χ3v) is 4.96. The highest BCUT2D eigenvalue weighted by Crippen LogP contribution is 2.20. The van der Waals surface area contributed by atoms with Crippen LogP contribution in [0.5, 0.6) is 0 Å². The summed E-state index contributed by atoms with van der Waals surface area (Å²) in [7, 11) is 0. The molecular formula is C22H27N5O3. The molecule has 2 aromatic carbocycles. The van der Waals surface area contributed by atoms with Gasteiger partial charge in [-0.2, -0.15) is 0 Å². The molecule has 0 radical (unpaired) electrons. The van der Waals surface area contributed by atoms with Crippen molar-refractivity contribution in [2.75, 3.05) is 48.3 Å². The molecule has 2 aromatic rings. The van der Waals surface area contributed by atoms with E-state index in [4.69, 9.17) is 0 Å². The number of carbonyl (C=O) groups is 3. The van der Waals surface area contributed by atoms with Crippen molar-refractivity contribution in [1.29, 1.82) is 0 Å². The number of piperazine rings is 1. The number of nitrogens with one attached hydrogen (secondary N) is 3. The summed E-state index contributed by atoms with van der Waals surface area (Å²) in [5.74, 6) is -0.293. The highest BCUT2D eigenvalue weighted by Gasteiger charge is 2.21. The van der Waals surface area contributed by atoms with E-state index < -0.39 is 6.03 Å². The largest absolute Gasteiger partial charge is 0.368 e. The van der Waals surface area contributed by atoms with Gasteiger partial charge in [-0.3, -0.25) is 9.59 Å². The zero-order valence-corrected chi connectivity index (χ0v) is 17.3. The fourth-order valence-electron chi connectivity index (χ4n) is 3.32. The number of para-hydroxylation sites is 1. The van der Waals surface area contributed by atoms with E-state index in [9.17, 15) is 14.4 Å². The second-order valence-corrected chi connectivity index (χ2v) is 7.22. The first-order chi connectivity index (χ1) is 14.4. The normalized spacial score (nSPS) is 13.5. The molecular weight excluding hydrogens is 382 g/mol. The van der Waals surface area contributed by atoms with Crippen LogP contribution in [0.1, 0.15) is 12.5 Å². The summed E-state index contributed by atoms with van der Waals surface area (Å²) in [4.78, 5) is 39.9. The van der Waals surface area contributed by atoms with Gasteiger partial charge in [0.05, 0.1) is 6.54 Å². The number of hydrogen-bond acceptors (Lipinski definition) is 4. The first-order valence-electron chi connectivity index (χ1n) is 9.93. The minimum Gasteiger partial charge on any atom is -0.368 e. The Hall–Kier alpha value is -3.55. The number of aryl methyl sites for hydroxylation is 1. The SMILES string of the molecule is CC(=O)Nc1cc(NC(=O)NCC(=O)N2CCN(c3ccccc3)CC2)ccc1C. The molecule has 0 unspecified atom stereocenters.